The second kappa shape index (κ2) is 17.4. The lowest BCUT2D eigenvalue weighted by Gasteiger charge is -2.29. The topological polar surface area (TPSA) is 210 Å². The van der Waals surface area contributed by atoms with Crippen molar-refractivity contribution in [2.24, 2.45) is 17.3 Å². The molecule has 1 aromatic carbocycles. The standard InChI is InChI=1S/C42H52N6O9S2/c1-4-27-19-42(27,40(53)47-59(55,56)30-11-12-30)20-34(50)33-18-29(57-38-31-13-10-24(3)16-25(31)14-15-43-38)22-48(33)39(52)26(21-44-36(51)5-2)17-28(49)8-6-7-9-35-37-32(23-58-35)45-41(54)46-37/h4-5,10,13-16,26-27,29-30,32-33,35,37H,1-2,6-9,11-12,17-23H2,3H3,(H,44,51)(H,47,53)(H2,45,46,54)/t26-,27-,29+,32+,33-,35+,37+,42+/m0/s1. The number of carbonyl (C=O) groups is 6. The smallest absolute Gasteiger partial charge is 0.315 e. The minimum absolute atomic E-state index is 0.0357. The number of hydrogen-bond acceptors (Lipinski definition) is 11. The molecule has 59 heavy (non-hydrogen) atoms. The lowest BCUT2D eigenvalue weighted by atomic mass is 9.91. The maximum atomic E-state index is 14.6. The normalized spacial score (nSPS) is 27.5. The van der Waals surface area contributed by atoms with Crippen LogP contribution in [0.25, 0.3) is 10.8 Å². The predicted octanol–water partition coefficient (Wildman–Crippen LogP) is 3.25. The van der Waals surface area contributed by atoms with Crippen LogP contribution in [0, 0.1) is 24.2 Å². The van der Waals surface area contributed by atoms with Gasteiger partial charge in [-0.05, 0) is 68.5 Å². The average molecular weight is 849 g/mol. The molecule has 4 heterocycles. The van der Waals surface area contributed by atoms with Crippen molar-refractivity contribution in [1.82, 2.24) is 30.6 Å². The molecule has 5 fully saturated rings. The molecule has 4 N–H and O–H groups in total. The van der Waals surface area contributed by atoms with Gasteiger partial charge in [0.1, 0.15) is 11.9 Å². The van der Waals surface area contributed by atoms with Crippen molar-refractivity contribution in [3.8, 4) is 5.88 Å². The summed E-state index contributed by atoms with van der Waals surface area (Å²) in [5.74, 6) is -2.73. The van der Waals surface area contributed by atoms with Gasteiger partial charge < -0.3 is 25.6 Å². The summed E-state index contributed by atoms with van der Waals surface area (Å²) in [6, 6.07) is 6.62. The number of urea groups is 1. The number of ether oxygens (including phenoxy) is 1. The Kier molecular flexibility index (Phi) is 12.5. The van der Waals surface area contributed by atoms with Gasteiger partial charge in [0, 0.05) is 54.8 Å². The Bertz CT molecular complexity index is 2160. The van der Waals surface area contributed by atoms with Gasteiger partial charge in [0.25, 0.3) is 0 Å². The summed E-state index contributed by atoms with van der Waals surface area (Å²) in [4.78, 5) is 86.2. The van der Waals surface area contributed by atoms with Gasteiger partial charge in [-0.2, -0.15) is 11.8 Å². The third-order valence-corrected chi connectivity index (χ3v) is 15.6. The number of nitrogens with one attached hydrogen (secondary N) is 4. The van der Waals surface area contributed by atoms with Gasteiger partial charge in [0.05, 0.1) is 41.3 Å². The summed E-state index contributed by atoms with van der Waals surface area (Å²) in [5.41, 5.74) is -0.292. The number of amides is 5. The lowest BCUT2D eigenvalue weighted by molar-refractivity contribution is -0.143. The van der Waals surface area contributed by atoms with Crippen LogP contribution in [0.4, 0.5) is 4.79 Å². The molecule has 17 heteroatoms. The highest BCUT2D eigenvalue weighted by molar-refractivity contribution is 8.00. The molecule has 5 amide bonds. The van der Waals surface area contributed by atoms with E-state index in [0.29, 0.717) is 25.1 Å². The monoisotopic (exact) mass is 848 g/mol. The van der Waals surface area contributed by atoms with Gasteiger partial charge in [-0.3, -0.25) is 28.7 Å². The van der Waals surface area contributed by atoms with Crippen LogP contribution >= 0.6 is 11.8 Å². The van der Waals surface area contributed by atoms with E-state index >= 15 is 0 Å². The first-order valence-corrected chi connectivity index (χ1v) is 22.9. The van der Waals surface area contributed by atoms with E-state index in [1.54, 1.807) is 24.0 Å². The zero-order chi connectivity index (χ0) is 42.1. The van der Waals surface area contributed by atoms with Gasteiger partial charge in [-0.1, -0.05) is 36.8 Å². The second-order valence-corrected chi connectivity index (χ2v) is 19.8. The number of Topliss-reactive ketones (excluding diaryl/α,β-unsaturated/α-hetero) is 2. The van der Waals surface area contributed by atoms with Crippen molar-refractivity contribution in [2.45, 2.75) is 106 Å². The molecular formula is C42H52N6O9S2. The Morgan fingerprint density at radius 2 is 1.93 bits per heavy atom. The summed E-state index contributed by atoms with van der Waals surface area (Å²) in [6.45, 7) is 9.06. The van der Waals surface area contributed by atoms with Gasteiger partial charge >= 0.3 is 6.03 Å². The summed E-state index contributed by atoms with van der Waals surface area (Å²) in [7, 11) is -3.89. The van der Waals surface area contributed by atoms with Crippen LogP contribution < -0.4 is 25.4 Å². The number of aryl methyl sites for hydroxylation is 1. The molecule has 2 saturated carbocycles. The van der Waals surface area contributed by atoms with E-state index in [1.165, 1.54) is 4.90 Å². The molecule has 5 aliphatic rings. The number of ketones is 2. The van der Waals surface area contributed by atoms with Gasteiger partial charge in [0.15, 0.2) is 5.78 Å². The molecule has 7 rings (SSSR count). The summed E-state index contributed by atoms with van der Waals surface area (Å²) in [6.07, 6.45) is 6.59. The second-order valence-electron chi connectivity index (χ2n) is 16.6. The van der Waals surface area contributed by atoms with E-state index in [-0.39, 0.29) is 74.3 Å². The molecule has 1 aromatic heterocycles. The van der Waals surface area contributed by atoms with Crippen LogP contribution in [0.15, 0.2) is 55.8 Å². The predicted molar refractivity (Wildman–Crippen MR) is 222 cm³/mol. The van der Waals surface area contributed by atoms with E-state index < -0.39 is 68.2 Å². The Labute approximate surface area is 348 Å². The fourth-order valence-electron chi connectivity index (χ4n) is 8.73. The number of allylic oxidation sites excluding steroid dienone is 1. The van der Waals surface area contributed by atoms with Crippen LogP contribution in [0.3, 0.4) is 0 Å². The quantitative estimate of drug-likeness (QED) is 0.0658. The number of likely N-dealkylation sites (tertiary alicyclic amines) is 1. The van der Waals surface area contributed by atoms with Crippen LogP contribution in [0.5, 0.6) is 5.88 Å². The van der Waals surface area contributed by atoms with Crippen molar-refractivity contribution in [3.05, 3.63) is 61.3 Å². The first kappa shape index (κ1) is 42.4. The summed E-state index contributed by atoms with van der Waals surface area (Å²) < 4.78 is 34.2. The fraction of sp³-hybridized carbons (Fsp3) is 0.548. The minimum atomic E-state index is -3.89. The van der Waals surface area contributed by atoms with E-state index in [4.69, 9.17) is 4.74 Å². The van der Waals surface area contributed by atoms with Crippen LogP contribution in [-0.2, 0) is 34.0 Å². The molecule has 0 spiro atoms. The molecule has 0 bridgehead atoms. The third-order valence-electron chi connectivity index (χ3n) is 12.3. The average Bonchev–Trinajstić information content (AvgIpc) is 4.07. The van der Waals surface area contributed by atoms with Gasteiger partial charge in [-0.25, -0.2) is 18.2 Å². The number of aromatic nitrogens is 1. The number of rotatable bonds is 20. The minimum Gasteiger partial charge on any atom is -0.472 e. The number of pyridine rings is 1. The molecule has 2 aromatic rings. The van der Waals surface area contributed by atoms with Crippen LogP contribution in [0.1, 0.15) is 69.8 Å². The largest absolute Gasteiger partial charge is 0.472 e. The maximum Gasteiger partial charge on any atom is 0.315 e. The first-order valence-electron chi connectivity index (χ1n) is 20.4. The van der Waals surface area contributed by atoms with Crippen LogP contribution in [0.2, 0.25) is 0 Å². The van der Waals surface area contributed by atoms with Gasteiger partial charge in [-0.15, -0.1) is 6.58 Å². The molecule has 0 unspecified atom stereocenters. The van der Waals surface area contributed by atoms with Gasteiger partial charge in [0.2, 0.25) is 33.6 Å². The third kappa shape index (κ3) is 9.51. The van der Waals surface area contributed by atoms with Crippen LogP contribution in [-0.4, -0.2) is 107 Å². The number of thioether (sulfide) groups is 1. The molecule has 3 saturated heterocycles. The van der Waals surface area contributed by atoms with Crippen molar-refractivity contribution in [1.29, 1.82) is 0 Å². The zero-order valence-electron chi connectivity index (χ0n) is 33.2. The number of nitrogens with zero attached hydrogens (tertiary/aromatic N) is 2. The molecular weight excluding hydrogens is 797 g/mol. The molecule has 8 atom stereocenters. The van der Waals surface area contributed by atoms with E-state index in [0.717, 1.165) is 41.0 Å². The fourth-order valence-corrected chi connectivity index (χ4v) is 11.7. The molecule has 3 aliphatic heterocycles. The highest BCUT2D eigenvalue weighted by atomic mass is 32.2. The Morgan fingerprint density at radius 1 is 1.14 bits per heavy atom. The Balaban J connectivity index is 1.08. The zero-order valence-corrected chi connectivity index (χ0v) is 34.8. The highest BCUT2D eigenvalue weighted by Crippen LogP contribution is 2.57. The number of fused-ring (bicyclic) bond motifs is 2. The van der Waals surface area contributed by atoms with Crippen molar-refractivity contribution in [2.75, 3.05) is 18.8 Å². The highest BCUT2D eigenvalue weighted by Gasteiger charge is 2.61. The number of carbonyl (C=O) groups excluding carboxylic acids is 6. The van der Waals surface area contributed by atoms with Crippen molar-refractivity contribution >= 4 is 67.9 Å². The molecule has 2 aliphatic carbocycles. The van der Waals surface area contributed by atoms with E-state index in [2.05, 4.69) is 38.8 Å². The lowest BCUT2D eigenvalue weighted by Crippen LogP contribution is -2.48. The summed E-state index contributed by atoms with van der Waals surface area (Å²) in [5, 5.41) is 9.83. The SMILES string of the molecule is C=CC(=O)NC[C@H](CC(=O)CCCC[C@H]1SC[C@H]2NC(=O)N[C@H]21)C(=O)N1C[C@H](Oc2nccc3cc(C)ccc23)C[C@H]1C(=O)C[C@]1(C(=O)NS(=O)(=O)C2CC2)C[C@@H]1C=C. The molecule has 15 nitrogen and oxygen atoms in total. The van der Waals surface area contributed by atoms with E-state index in [1.807, 2.05) is 31.2 Å². The molecule has 0 radical (unpaired) electrons. The number of hydrogen-bond donors (Lipinski definition) is 4. The molecule has 316 valence electrons. The Morgan fingerprint density at radius 3 is 2.66 bits per heavy atom. The summed E-state index contributed by atoms with van der Waals surface area (Å²) >= 11 is 1.80. The number of benzene rings is 1. The Hall–Kier alpha value is -4.77. The van der Waals surface area contributed by atoms with Crippen molar-refractivity contribution < 1.29 is 41.9 Å². The first-order chi connectivity index (χ1) is 28.2. The number of sulfonamides is 1. The number of unbranched alkanes of at least 4 members (excludes halogenated alkanes) is 1. The maximum absolute atomic E-state index is 14.6. The van der Waals surface area contributed by atoms with Crippen molar-refractivity contribution in [3.63, 3.8) is 0 Å². The van der Waals surface area contributed by atoms with E-state index in [9.17, 15) is 37.2 Å².